The van der Waals surface area contributed by atoms with E-state index in [2.05, 4.69) is 17.4 Å². The van der Waals surface area contributed by atoms with Crippen LogP contribution in [0.4, 0.5) is 10.5 Å². The minimum Gasteiger partial charge on any atom is -0.480 e. The number of carboxylic acids is 1. The Morgan fingerprint density at radius 1 is 1.00 bits per heavy atom. The summed E-state index contributed by atoms with van der Waals surface area (Å²) in [5, 5.41) is 11.2. The van der Waals surface area contributed by atoms with E-state index in [1.54, 1.807) is 12.1 Å². The lowest BCUT2D eigenvalue weighted by Gasteiger charge is -2.57. The topological polar surface area (TPSA) is 113 Å². The van der Waals surface area contributed by atoms with Crippen molar-refractivity contribution >= 4 is 80.8 Å². The number of carbonyl (C=O) groups excluding carboxylic acids is 3. The first-order valence-electron chi connectivity index (χ1n) is 13.0. The van der Waals surface area contributed by atoms with Crippen LogP contribution in [0.1, 0.15) is 49.7 Å². The summed E-state index contributed by atoms with van der Waals surface area (Å²) in [5.74, 6) is 0.309. The first kappa shape index (κ1) is 26.7. The fraction of sp³-hybridized carbons (Fsp3) is 0.379. The molecular formula is C29H26I2N2O6. The standard InChI is InChI=1S/C29H26I2N2O6/c30-22-9-15(10-23(31)25(22)39-14-24(34)35)8-21-26(36)32-28(38)33(27(21)37)20-3-1-19(2-4-20)29-11-16-5-17(12-29)7-18(6-16)13-29/h1-4,8-10,16-18H,5-7,11-14H2,(H,34,35)(H,32,36,38)/b21-8+. The van der Waals surface area contributed by atoms with Gasteiger partial charge in [0.15, 0.2) is 6.61 Å². The fourth-order valence-electron chi connectivity index (χ4n) is 7.42. The number of ether oxygens (including phenoxy) is 1. The molecule has 0 spiro atoms. The maximum atomic E-state index is 13.5. The second kappa shape index (κ2) is 10.2. The van der Waals surface area contributed by atoms with Crippen molar-refractivity contribution in [2.24, 2.45) is 17.8 Å². The molecule has 10 heteroatoms. The van der Waals surface area contributed by atoms with Gasteiger partial charge in [0.1, 0.15) is 11.3 Å². The van der Waals surface area contributed by atoms with Crippen LogP contribution in [0.5, 0.6) is 5.75 Å². The van der Waals surface area contributed by atoms with E-state index in [0.717, 1.165) is 22.7 Å². The number of amides is 4. The molecule has 2 aromatic carbocycles. The summed E-state index contributed by atoms with van der Waals surface area (Å²) < 4.78 is 6.62. The van der Waals surface area contributed by atoms with Crippen molar-refractivity contribution in [3.63, 3.8) is 0 Å². The van der Waals surface area contributed by atoms with Crippen molar-refractivity contribution in [2.75, 3.05) is 11.5 Å². The van der Waals surface area contributed by atoms with Crippen LogP contribution in [0, 0.1) is 24.9 Å². The van der Waals surface area contributed by atoms with Gasteiger partial charge >= 0.3 is 12.0 Å². The summed E-state index contributed by atoms with van der Waals surface area (Å²) in [7, 11) is 0. The molecule has 5 aliphatic rings. The van der Waals surface area contributed by atoms with Crippen LogP contribution < -0.4 is 15.0 Å². The highest BCUT2D eigenvalue weighted by atomic mass is 127. The molecule has 4 amide bonds. The van der Waals surface area contributed by atoms with Crippen LogP contribution in [0.2, 0.25) is 0 Å². The minimum absolute atomic E-state index is 0.162. The zero-order valence-electron chi connectivity index (χ0n) is 20.9. The van der Waals surface area contributed by atoms with Gasteiger partial charge in [-0.1, -0.05) is 12.1 Å². The molecule has 0 atom stereocenters. The Morgan fingerprint density at radius 3 is 2.10 bits per heavy atom. The molecule has 4 bridgehead atoms. The average molecular weight is 752 g/mol. The second-order valence-electron chi connectivity index (χ2n) is 11.2. The Balaban J connectivity index is 1.26. The quantitative estimate of drug-likeness (QED) is 0.229. The zero-order chi connectivity index (χ0) is 27.5. The number of rotatable bonds is 6. The van der Waals surface area contributed by atoms with Gasteiger partial charge in [0.2, 0.25) is 0 Å². The van der Waals surface area contributed by atoms with E-state index >= 15 is 0 Å². The molecule has 0 unspecified atom stereocenters. The Bertz CT molecular complexity index is 1380. The van der Waals surface area contributed by atoms with E-state index in [0.29, 0.717) is 24.1 Å². The number of carbonyl (C=O) groups is 4. The van der Waals surface area contributed by atoms with Crippen LogP contribution in [0.15, 0.2) is 42.0 Å². The fourth-order valence-corrected chi connectivity index (χ4v) is 9.55. The van der Waals surface area contributed by atoms with E-state index < -0.39 is 30.4 Å². The number of hydrogen-bond acceptors (Lipinski definition) is 5. The largest absolute Gasteiger partial charge is 0.480 e. The number of nitrogens with zero attached hydrogens (tertiary/aromatic N) is 1. The molecule has 4 saturated carbocycles. The molecule has 7 rings (SSSR count). The number of nitrogens with one attached hydrogen (secondary N) is 1. The third-order valence-corrected chi connectivity index (χ3v) is 10.2. The summed E-state index contributed by atoms with van der Waals surface area (Å²) in [6.07, 6.45) is 9.19. The van der Waals surface area contributed by atoms with Crippen molar-refractivity contribution in [3.05, 3.63) is 60.2 Å². The van der Waals surface area contributed by atoms with Crippen molar-refractivity contribution in [2.45, 2.75) is 43.9 Å². The number of hydrogen-bond donors (Lipinski definition) is 2. The normalized spacial score (nSPS) is 28.7. The molecule has 1 saturated heterocycles. The number of carboxylic acid groups (broad SMARTS) is 1. The van der Waals surface area contributed by atoms with Crippen LogP contribution in [-0.4, -0.2) is 35.5 Å². The number of benzene rings is 2. The molecule has 202 valence electrons. The number of aliphatic carboxylic acids is 1. The van der Waals surface area contributed by atoms with Gasteiger partial charge in [0.05, 0.1) is 12.8 Å². The first-order chi connectivity index (χ1) is 18.6. The Labute approximate surface area is 252 Å². The van der Waals surface area contributed by atoms with Gasteiger partial charge in [0.25, 0.3) is 11.8 Å². The van der Waals surface area contributed by atoms with Crippen molar-refractivity contribution in [1.29, 1.82) is 0 Å². The van der Waals surface area contributed by atoms with Gasteiger partial charge in [0, 0.05) is 0 Å². The van der Waals surface area contributed by atoms with E-state index in [-0.39, 0.29) is 11.0 Å². The summed E-state index contributed by atoms with van der Waals surface area (Å²) in [4.78, 5) is 50.8. The monoisotopic (exact) mass is 752 g/mol. The Kier molecular flexibility index (Phi) is 6.97. The summed E-state index contributed by atoms with van der Waals surface area (Å²) in [6.45, 7) is -0.480. The number of anilines is 1. The lowest BCUT2D eigenvalue weighted by molar-refractivity contribution is -0.139. The van der Waals surface area contributed by atoms with Crippen molar-refractivity contribution < 1.29 is 29.0 Å². The molecular weight excluding hydrogens is 726 g/mol. The first-order valence-corrected chi connectivity index (χ1v) is 15.1. The maximum Gasteiger partial charge on any atom is 0.341 e. The molecule has 5 fully saturated rings. The van der Waals surface area contributed by atoms with Crippen LogP contribution in [-0.2, 0) is 19.8 Å². The highest BCUT2D eigenvalue weighted by Crippen LogP contribution is 2.60. The number of barbiturate groups is 1. The number of halogens is 2. The van der Waals surface area contributed by atoms with E-state index in [1.807, 2.05) is 57.3 Å². The van der Waals surface area contributed by atoms with Crippen LogP contribution in [0.25, 0.3) is 6.08 Å². The molecule has 4 aliphatic carbocycles. The third kappa shape index (κ3) is 4.98. The molecule has 39 heavy (non-hydrogen) atoms. The van der Waals surface area contributed by atoms with Crippen molar-refractivity contribution in [3.8, 4) is 5.75 Å². The molecule has 8 nitrogen and oxygen atoms in total. The molecule has 1 heterocycles. The third-order valence-electron chi connectivity index (χ3n) is 8.55. The highest BCUT2D eigenvalue weighted by molar-refractivity contribution is 14.1. The SMILES string of the molecule is O=C(O)COc1c(I)cc(/C=C2\C(=O)NC(=O)N(c3ccc(C45CC6CC(CC(C6)C4)C5)cc3)C2=O)cc1I. The van der Waals surface area contributed by atoms with E-state index in [9.17, 15) is 19.2 Å². The van der Waals surface area contributed by atoms with E-state index in [4.69, 9.17) is 9.84 Å². The molecule has 2 aromatic rings. The van der Waals surface area contributed by atoms with Crippen molar-refractivity contribution in [1.82, 2.24) is 5.32 Å². The lowest BCUT2D eigenvalue weighted by Crippen LogP contribution is -2.54. The summed E-state index contributed by atoms with van der Waals surface area (Å²) >= 11 is 4.03. The van der Waals surface area contributed by atoms with Gasteiger partial charge < -0.3 is 9.84 Å². The summed E-state index contributed by atoms with van der Waals surface area (Å²) in [5.41, 5.74) is 2.31. The summed E-state index contributed by atoms with van der Waals surface area (Å²) in [6, 6.07) is 10.4. The lowest BCUT2D eigenvalue weighted by atomic mass is 9.48. The van der Waals surface area contributed by atoms with Crippen LogP contribution >= 0.6 is 45.2 Å². The van der Waals surface area contributed by atoms with Crippen LogP contribution in [0.3, 0.4) is 0 Å². The Morgan fingerprint density at radius 2 is 1.56 bits per heavy atom. The minimum atomic E-state index is -1.09. The highest BCUT2D eigenvalue weighted by Gasteiger charge is 2.51. The van der Waals surface area contributed by atoms with E-state index in [1.165, 1.54) is 50.2 Å². The molecule has 1 aliphatic heterocycles. The van der Waals surface area contributed by atoms with Gasteiger partial charge in [-0.25, -0.2) is 14.5 Å². The maximum absolute atomic E-state index is 13.5. The average Bonchev–Trinajstić information content (AvgIpc) is 2.85. The number of imide groups is 2. The number of urea groups is 1. The smallest absolute Gasteiger partial charge is 0.341 e. The predicted octanol–water partition coefficient (Wildman–Crippen LogP) is 5.49. The predicted molar refractivity (Wildman–Crippen MR) is 160 cm³/mol. The zero-order valence-corrected chi connectivity index (χ0v) is 25.2. The molecule has 0 aromatic heterocycles. The molecule has 2 N–H and O–H groups in total. The Hall–Kier alpha value is -2.48. The van der Waals surface area contributed by atoms with Gasteiger partial charge in [-0.3, -0.25) is 14.9 Å². The molecule has 0 radical (unpaired) electrons. The van der Waals surface area contributed by atoms with Gasteiger partial charge in [-0.15, -0.1) is 0 Å². The second-order valence-corrected chi connectivity index (χ2v) is 13.5. The van der Waals surface area contributed by atoms with Gasteiger partial charge in [-0.05, 0) is 148 Å². The van der Waals surface area contributed by atoms with Gasteiger partial charge in [-0.2, -0.15) is 0 Å².